The lowest BCUT2D eigenvalue weighted by molar-refractivity contribution is 0.0934. The topological polar surface area (TPSA) is 86.8 Å². The Labute approximate surface area is 145 Å². The number of amides is 1. The van der Waals surface area contributed by atoms with Gasteiger partial charge in [0, 0.05) is 45.1 Å². The number of rotatable bonds is 5. The number of nitriles is 1. The van der Waals surface area contributed by atoms with E-state index < -0.39 is 6.17 Å². The Morgan fingerprint density at radius 1 is 1.48 bits per heavy atom. The van der Waals surface area contributed by atoms with E-state index in [9.17, 15) is 9.18 Å². The maximum atomic E-state index is 13.9. The molecule has 0 saturated carbocycles. The highest BCUT2D eigenvalue weighted by molar-refractivity contribution is 5.92. The molecule has 0 aliphatic carbocycles. The van der Waals surface area contributed by atoms with Gasteiger partial charge in [-0.3, -0.25) is 14.4 Å². The Morgan fingerprint density at radius 3 is 2.96 bits per heavy atom. The maximum absolute atomic E-state index is 13.9. The van der Waals surface area contributed by atoms with Gasteiger partial charge >= 0.3 is 0 Å². The van der Waals surface area contributed by atoms with Crippen LogP contribution in [0.5, 0.6) is 0 Å². The molecule has 0 aromatic carbocycles. The molecule has 3 rings (SSSR count). The van der Waals surface area contributed by atoms with E-state index in [1.54, 1.807) is 16.9 Å². The van der Waals surface area contributed by atoms with Crippen molar-refractivity contribution in [1.29, 1.82) is 5.26 Å². The zero-order valence-corrected chi connectivity index (χ0v) is 13.9. The number of hydrogen-bond donors (Lipinski definition) is 1. The molecule has 1 aliphatic heterocycles. The van der Waals surface area contributed by atoms with Crippen LogP contribution in [0.25, 0.3) is 0 Å². The number of pyridine rings is 1. The van der Waals surface area contributed by atoms with Crippen LogP contribution in [0, 0.1) is 11.3 Å². The van der Waals surface area contributed by atoms with Crippen molar-refractivity contribution in [3.05, 3.63) is 47.5 Å². The zero-order chi connectivity index (χ0) is 17.8. The van der Waals surface area contributed by atoms with Crippen LogP contribution in [0.3, 0.4) is 0 Å². The predicted octanol–water partition coefficient (Wildman–Crippen LogP) is 1.03. The fourth-order valence-corrected chi connectivity index (χ4v) is 2.99. The summed E-state index contributed by atoms with van der Waals surface area (Å²) in [5.41, 5.74) is 1.64. The number of carbonyl (C=O) groups is 1. The van der Waals surface area contributed by atoms with Gasteiger partial charge in [0.15, 0.2) is 0 Å². The van der Waals surface area contributed by atoms with Crippen molar-refractivity contribution in [1.82, 2.24) is 25.0 Å². The zero-order valence-electron chi connectivity index (χ0n) is 13.9. The van der Waals surface area contributed by atoms with Crippen LogP contribution in [0.4, 0.5) is 4.39 Å². The predicted molar refractivity (Wildman–Crippen MR) is 88.2 cm³/mol. The fourth-order valence-electron chi connectivity index (χ4n) is 2.99. The van der Waals surface area contributed by atoms with Gasteiger partial charge in [-0.05, 0) is 24.6 Å². The number of aryl methyl sites for hydroxylation is 1. The van der Waals surface area contributed by atoms with Crippen LogP contribution < -0.4 is 5.32 Å². The average molecular weight is 342 g/mol. The first-order chi connectivity index (χ1) is 12.1. The van der Waals surface area contributed by atoms with Crippen molar-refractivity contribution in [2.75, 3.05) is 13.1 Å². The lowest BCUT2D eigenvalue weighted by Crippen LogP contribution is -2.40. The highest BCUT2D eigenvalue weighted by Gasteiger charge is 2.32. The number of carbonyl (C=O) groups excluding carboxylic acids is 1. The summed E-state index contributed by atoms with van der Waals surface area (Å²) in [4.78, 5) is 18.2. The van der Waals surface area contributed by atoms with Gasteiger partial charge in [-0.15, -0.1) is 0 Å². The Morgan fingerprint density at radius 2 is 2.32 bits per heavy atom. The average Bonchev–Trinajstić information content (AvgIpc) is 3.18. The minimum absolute atomic E-state index is 0.0766. The Balaban J connectivity index is 1.59. The summed E-state index contributed by atoms with van der Waals surface area (Å²) < 4.78 is 15.6. The second-order valence-electron chi connectivity index (χ2n) is 6.12. The molecule has 1 aliphatic rings. The molecule has 0 spiro atoms. The summed E-state index contributed by atoms with van der Waals surface area (Å²) in [7, 11) is 1.85. The molecule has 3 heterocycles. The molecule has 0 unspecified atom stereocenters. The molecule has 0 radical (unpaired) electrons. The first-order valence-electron chi connectivity index (χ1n) is 8.06. The summed E-state index contributed by atoms with van der Waals surface area (Å²) in [5, 5.41) is 15.7. The van der Waals surface area contributed by atoms with E-state index in [0.29, 0.717) is 31.6 Å². The third kappa shape index (κ3) is 4.00. The van der Waals surface area contributed by atoms with Gasteiger partial charge in [-0.25, -0.2) is 9.37 Å². The minimum atomic E-state index is -0.900. The van der Waals surface area contributed by atoms with Crippen molar-refractivity contribution in [2.24, 2.45) is 7.05 Å². The van der Waals surface area contributed by atoms with Crippen molar-refractivity contribution < 1.29 is 9.18 Å². The van der Waals surface area contributed by atoms with E-state index in [-0.39, 0.29) is 17.6 Å². The summed E-state index contributed by atoms with van der Waals surface area (Å²) in [6, 6.07) is 6.84. The molecule has 0 bridgehead atoms. The van der Waals surface area contributed by atoms with Crippen LogP contribution in [0.1, 0.15) is 28.2 Å². The second kappa shape index (κ2) is 7.40. The Kier molecular flexibility index (Phi) is 5.05. The van der Waals surface area contributed by atoms with Gasteiger partial charge in [-0.1, -0.05) is 0 Å². The highest BCUT2D eigenvalue weighted by atomic mass is 19.1. The van der Waals surface area contributed by atoms with E-state index >= 15 is 0 Å². The largest absolute Gasteiger partial charge is 0.349 e. The molecule has 2 aromatic heterocycles. The van der Waals surface area contributed by atoms with E-state index in [2.05, 4.69) is 15.4 Å². The number of hydrogen-bond acceptors (Lipinski definition) is 5. The summed E-state index contributed by atoms with van der Waals surface area (Å²) in [5.74, 6) is -0.327. The molecule has 130 valence electrons. The van der Waals surface area contributed by atoms with E-state index in [1.165, 1.54) is 12.3 Å². The second-order valence-corrected chi connectivity index (χ2v) is 6.12. The van der Waals surface area contributed by atoms with Gasteiger partial charge in [-0.2, -0.15) is 10.4 Å². The smallest absolute Gasteiger partial charge is 0.269 e. The van der Waals surface area contributed by atoms with Crippen molar-refractivity contribution >= 4 is 5.91 Å². The molecule has 1 fully saturated rings. The monoisotopic (exact) mass is 342 g/mol. The van der Waals surface area contributed by atoms with Gasteiger partial charge in [0.05, 0.1) is 11.3 Å². The van der Waals surface area contributed by atoms with Gasteiger partial charge in [0.2, 0.25) is 0 Å². The lowest BCUT2D eigenvalue weighted by Gasteiger charge is -2.24. The highest BCUT2D eigenvalue weighted by Crippen LogP contribution is 2.22. The number of likely N-dealkylation sites (tertiary alicyclic amines) is 1. The SMILES string of the molecule is Cn1nccc1CN1C[C@@H](F)C[C@H]1CNC(=O)c1ccc(C#N)cn1. The maximum Gasteiger partial charge on any atom is 0.269 e. The van der Waals surface area contributed by atoms with Crippen molar-refractivity contribution in [3.8, 4) is 6.07 Å². The molecule has 25 heavy (non-hydrogen) atoms. The molecular weight excluding hydrogens is 323 g/mol. The van der Waals surface area contributed by atoms with Crippen molar-refractivity contribution in [2.45, 2.75) is 25.2 Å². The summed E-state index contributed by atoms with van der Waals surface area (Å²) in [6.07, 6.45) is 2.56. The van der Waals surface area contributed by atoms with Crippen LogP contribution in [0.15, 0.2) is 30.6 Å². The quantitative estimate of drug-likeness (QED) is 0.877. The molecule has 2 aromatic rings. The third-order valence-electron chi connectivity index (χ3n) is 4.39. The first kappa shape index (κ1) is 17.0. The fraction of sp³-hybridized carbons (Fsp3) is 0.412. The standard InChI is InChI=1S/C17H19FN6O/c1-23-14(4-5-22-23)11-24-10-13(18)6-15(24)9-21-17(25)16-3-2-12(7-19)8-20-16/h2-5,8,13,15H,6,9-11H2,1H3,(H,21,25)/t13-,15-/m0/s1. The number of nitrogens with one attached hydrogen (secondary N) is 1. The van der Waals surface area contributed by atoms with E-state index in [4.69, 9.17) is 5.26 Å². The van der Waals surface area contributed by atoms with Gasteiger partial charge in [0.25, 0.3) is 5.91 Å². The molecule has 7 nitrogen and oxygen atoms in total. The molecule has 1 amide bonds. The van der Waals surface area contributed by atoms with E-state index in [0.717, 1.165) is 5.69 Å². The summed E-state index contributed by atoms with van der Waals surface area (Å²) >= 11 is 0. The van der Waals surface area contributed by atoms with Crippen LogP contribution in [-0.2, 0) is 13.6 Å². The normalized spacial score (nSPS) is 20.4. The van der Waals surface area contributed by atoms with Crippen LogP contribution in [0.2, 0.25) is 0 Å². The number of nitrogens with zero attached hydrogens (tertiary/aromatic N) is 5. The Bertz CT molecular complexity index is 781. The van der Waals surface area contributed by atoms with Gasteiger partial charge in [0.1, 0.15) is 17.9 Å². The Hall–Kier alpha value is -2.79. The first-order valence-corrected chi connectivity index (χ1v) is 8.06. The number of alkyl halides is 1. The third-order valence-corrected chi connectivity index (χ3v) is 4.39. The van der Waals surface area contributed by atoms with Gasteiger partial charge < -0.3 is 5.32 Å². The minimum Gasteiger partial charge on any atom is -0.349 e. The lowest BCUT2D eigenvalue weighted by atomic mass is 10.2. The molecule has 2 atom stereocenters. The van der Waals surface area contributed by atoms with Crippen LogP contribution >= 0.6 is 0 Å². The summed E-state index contributed by atoms with van der Waals surface area (Å²) in [6.45, 7) is 1.28. The number of halogens is 1. The molecule has 1 N–H and O–H groups in total. The van der Waals surface area contributed by atoms with Crippen molar-refractivity contribution in [3.63, 3.8) is 0 Å². The number of aromatic nitrogens is 3. The molecule has 1 saturated heterocycles. The molecule has 8 heteroatoms. The van der Waals surface area contributed by atoms with Crippen LogP contribution in [-0.4, -0.2) is 50.9 Å². The molecular formula is C17H19FN6O. The van der Waals surface area contributed by atoms with E-state index in [1.807, 2.05) is 24.1 Å².